The predicted molar refractivity (Wildman–Crippen MR) is 142 cm³/mol. The zero-order valence-electron chi connectivity index (χ0n) is 20.7. The molecule has 0 heterocycles. The number of amides is 2. The maximum Gasteiger partial charge on any atom is 0.244 e. The van der Waals surface area contributed by atoms with Crippen molar-refractivity contribution in [3.63, 3.8) is 0 Å². The molecule has 0 aliphatic heterocycles. The van der Waals surface area contributed by atoms with E-state index in [2.05, 4.69) is 5.32 Å². The number of hydrogen-bond donors (Lipinski definition) is 1. The largest absolute Gasteiger partial charge is 0.352 e. The lowest BCUT2D eigenvalue weighted by molar-refractivity contribution is -0.139. The van der Waals surface area contributed by atoms with Crippen molar-refractivity contribution < 1.29 is 18.0 Å². The van der Waals surface area contributed by atoms with E-state index >= 15 is 0 Å². The lowest BCUT2D eigenvalue weighted by Crippen LogP contribution is -2.52. The zero-order chi connectivity index (χ0) is 26.3. The van der Waals surface area contributed by atoms with E-state index in [1.165, 1.54) is 4.90 Å². The van der Waals surface area contributed by atoms with Crippen LogP contribution in [0.4, 0.5) is 5.69 Å². The van der Waals surface area contributed by atoms with E-state index in [1.807, 2.05) is 32.9 Å². The summed E-state index contributed by atoms with van der Waals surface area (Å²) in [6.45, 7) is 6.97. The van der Waals surface area contributed by atoms with Crippen molar-refractivity contribution in [2.24, 2.45) is 0 Å². The molecule has 2 rings (SSSR count). The van der Waals surface area contributed by atoms with Gasteiger partial charge in [-0.1, -0.05) is 61.3 Å². The predicted octanol–water partition coefficient (Wildman–Crippen LogP) is 4.65. The number of sulfonamides is 1. The number of halogens is 2. The highest BCUT2D eigenvalue weighted by Gasteiger charge is 2.31. The van der Waals surface area contributed by atoms with Crippen molar-refractivity contribution >= 4 is 50.7 Å². The first-order valence-corrected chi connectivity index (χ1v) is 14.1. The molecule has 7 nitrogen and oxygen atoms in total. The van der Waals surface area contributed by atoms with Crippen LogP contribution in [0.1, 0.15) is 45.2 Å². The summed E-state index contributed by atoms with van der Waals surface area (Å²) in [7, 11) is -3.79. The molecule has 0 aromatic heterocycles. The van der Waals surface area contributed by atoms with E-state index in [0.717, 1.165) is 22.5 Å². The van der Waals surface area contributed by atoms with Gasteiger partial charge in [0, 0.05) is 12.6 Å². The fraction of sp³-hybridized carbons (Fsp3) is 0.440. The number of aryl methyl sites for hydroxylation is 1. The molecule has 0 saturated heterocycles. The summed E-state index contributed by atoms with van der Waals surface area (Å²) in [5.74, 6) is -0.841. The van der Waals surface area contributed by atoms with Gasteiger partial charge >= 0.3 is 0 Å². The molecule has 2 aromatic rings. The van der Waals surface area contributed by atoms with Crippen molar-refractivity contribution in [1.29, 1.82) is 0 Å². The van der Waals surface area contributed by atoms with E-state index in [0.29, 0.717) is 27.7 Å². The number of benzene rings is 2. The second kappa shape index (κ2) is 12.6. The molecule has 2 aromatic carbocycles. The van der Waals surface area contributed by atoms with Gasteiger partial charge in [-0.3, -0.25) is 13.9 Å². The average Bonchev–Trinajstić information content (AvgIpc) is 2.81. The molecule has 0 aliphatic carbocycles. The quantitative estimate of drug-likeness (QED) is 0.448. The molecule has 1 N–H and O–H groups in total. The molecule has 35 heavy (non-hydrogen) atoms. The first-order valence-electron chi connectivity index (χ1n) is 11.5. The van der Waals surface area contributed by atoms with Crippen molar-refractivity contribution in [2.75, 3.05) is 17.1 Å². The maximum absolute atomic E-state index is 13.6. The molecule has 0 saturated carbocycles. The Hall–Kier alpha value is -2.29. The maximum atomic E-state index is 13.6. The van der Waals surface area contributed by atoms with Gasteiger partial charge in [0.15, 0.2) is 0 Å². The topological polar surface area (TPSA) is 86.8 Å². The number of hydrogen-bond acceptors (Lipinski definition) is 4. The lowest BCUT2D eigenvalue weighted by Gasteiger charge is -2.32. The number of carbonyl (C=O) groups is 2. The Kier molecular flexibility index (Phi) is 10.4. The summed E-state index contributed by atoms with van der Waals surface area (Å²) in [6, 6.07) is 11.1. The number of para-hydroxylation sites is 1. The van der Waals surface area contributed by atoms with Crippen LogP contribution in [0.25, 0.3) is 0 Å². The highest BCUT2D eigenvalue weighted by Crippen LogP contribution is 2.26. The third-order valence-corrected chi connectivity index (χ3v) is 7.69. The van der Waals surface area contributed by atoms with Crippen LogP contribution in [-0.2, 0) is 32.6 Å². The van der Waals surface area contributed by atoms with Crippen molar-refractivity contribution in [2.45, 2.75) is 59.2 Å². The molecule has 0 fully saturated rings. The molecule has 0 unspecified atom stereocenters. The van der Waals surface area contributed by atoms with Crippen molar-refractivity contribution in [3.05, 3.63) is 63.6 Å². The molecule has 0 radical (unpaired) electrons. The van der Waals surface area contributed by atoms with Crippen LogP contribution in [0, 0.1) is 0 Å². The number of carbonyl (C=O) groups excluding carboxylic acids is 2. The van der Waals surface area contributed by atoms with E-state index in [4.69, 9.17) is 23.2 Å². The molecule has 0 spiro atoms. The average molecular weight is 543 g/mol. The molecule has 192 valence electrons. The van der Waals surface area contributed by atoms with Gasteiger partial charge in [-0.25, -0.2) is 8.42 Å². The Balaban J connectivity index is 2.45. The van der Waals surface area contributed by atoms with Gasteiger partial charge in [-0.15, -0.1) is 0 Å². The van der Waals surface area contributed by atoms with E-state index < -0.39 is 28.5 Å². The molecule has 10 heteroatoms. The van der Waals surface area contributed by atoms with Crippen molar-refractivity contribution in [1.82, 2.24) is 10.2 Å². The van der Waals surface area contributed by atoms with Crippen LogP contribution in [0.15, 0.2) is 42.5 Å². The fourth-order valence-electron chi connectivity index (χ4n) is 3.53. The summed E-state index contributed by atoms with van der Waals surface area (Å²) in [5.41, 5.74) is 1.90. The number of nitrogens with zero attached hydrogens (tertiary/aromatic N) is 2. The SMILES string of the molecule is CCc1ccccc1N(CC(=O)N(Cc1ccc(Cl)c(Cl)c1)[C@H](C)C(=O)N[C@H](C)CC)S(C)(=O)=O. The highest BCUT2D eigenvalue weighted by atomic mass is 35.5. The normalized spacial score (nSPS) is 13.1. The molecule has 0 aliphatic rings. The molecule has 0 bridgehead atoms. The summed E-state index contributed by atoms with van der Waals surface area (Å²) < 4.78 is 26.6. The standard InChI is InChI=1S/C25H33Cl2N3O4S/c1-6-17(3)28-25(32)18(4)29(15-19-12-13-21(26)22(27)14-19)24(31)16-30(35(5,33)34)23-11-9-8-10-20(23)7-2/h8-14,17-18H,6-7,15-16H2,1-5H3,(H,28,32)/t17-,18-/m1/s1. The van der Waals surface area contributed by atoms with Crippen LogP contribution in [0.2, 0.25) is 10.0 Å². The second-order valence-corrected chi connectivity index (χ2v) is 11.2. The summed E-state index contributed by atoms with van der Waals surface area (Å²) in [4.78, 5) is 27.9. The van der Waals surface area contributed by atoms with Crippen LogP contribution >= 0.6 is 23.2 Å². The fourth-order valence-corrected chi connectivity index (χ4v) is 4.73. The minimum absolute atomic E-state index is 0.0534. The van der Waals surface area contributed by atoms with E-state index in [9.17, 15) is 18.0 Å². The Morgan fingerprint density at radius 1 is 1.03 bits per heavy atom. The molecule has 2 atom stereocenters. The number of anilines is 1. The van der Waals surface area contributed by atoms with Gasteiger partial charge < -0.3 is 10.2 Å². The lowest BCUT2D eigenvalue weighted by atomic mass is 10.1. The smallest absolute Gasteiger partial charge is 0.244 e. The van der Waals surface area contributed by atoms with Crippen molar-refractivity contribution in [3.8, 4) is 0 Å². The van der Waals surface area contributed by atoms with E-state index in [-0.39, 0.29) is 18.5 Å². The van der Waals surface area contributed by atoms with Gasteiger partial charge in [0.05, 0.1) is 22.0 Å². The first kappa shape index (κ1) is 28.9. The van der Waals surface area contributed by atoms with Crippen LogP contribution in [0.3, 0.4) is 0 Å². The summed E-state index contributed by atoms with van der Waals surface area (Å²) >= 11 is 12.2. The number of nitrogens with one attached hydrogen (secondary N) is 1. The molecule has 2 amide bonds. The first-order chi connectivity index (χ1) is 16.4. The highest BCUT2D eigenvalue weighted by molar-refractivity contribution is 7.92. The minimum atomic E-state index is -3.79. The van der Waals surface area contributed by atoms with Gasteiger partial charge in [0.2, 0.25) is 21.8 Å². The Morgan fingerprint density at radius 3 is 2.26 bits per heavy atom. The number of rotatable bonds is 11. The Labute approximate surface area is 218 Å². The van der Waals surface area contributed by atoms with Crippen LogP contribution in [-0.4, -0.2) is 50.0 Å². The van der Waals surface area contributed by atoms with Gasteiger partial charge in [0.1, 0.15) is 12.6 Å². The molecular weight excluding hydrogens is 509 g/mol. The van der Waals surface area contributed by atoms with Crippen LogP contribution in [0.5, 0.6) is 0 Å². The summed E-state index contributed by atoms with van der Waals surface area (Å²) in [5, 5.41) is 3.59. The van der Waals surface area contributed by atoms with Gasteiger partial charge in [-0.2, -0.15) is 0 Å². The third-order valence-electron chi connectivity index (χ3n) is 5.83. The Morgan fingerprint density at radius 2 is 1.69 bits per heavy atom. The van der Waals surface area contributed by atoms with Gasteiger partial charge in [0.25, 0.3) is 0 Å². The van der Waals surface area contributed by atoms with E-state index in [1.54, 1.807) is 37.3 Å². The third kappa shape index (κ3) is 7.85. The second-order valence-electron chi connectivity index (χ2n) is 8.52. The monoisotopic (exact) mass is 541 g/mol. The molecular formula is C25H33Cl2N3O4S. The zero-order valence-corrected chi connectivity index (χ0v) is 23.0. The van der Waals surface area contributed by atoms with Gasteiger partial charge in [-0.05, 0) is 56.0 Å². The summed E-state index contributed by atoms with van der Waals surface area (Å²) in [6.07, 6.45) is 2.39. The Bertz CT molecular complexity index is 1160. The minimum Gasteiger partial charge on any atom is -0.352 e. The van der Waals surface area contributed by atoms with Crippen LogP contribution < -0.4 is 9.62 Å².